The first-order valence-corrected chi connectivity index (χ1v) is 7.75. The van der Waals surface area contributed by atoms with Crippen molar-refractivity contribution in [3.05, 3.63) is 68.0 Å². The summed E-state index contributed by atoms with van der Waals surface area (Å²) in [5, 5.41) is 13.3. The number of hydrogen-bond acceptors (Lipinski definition) is 5. The van der Waals surface area contributed by atoms with Gasteiger partial charge in [0.05, 0.1) is 9.95 Å². The van der Waals surface area contributed by atoms with Crippen LogP contribution in [0.25, 0.3) is 0 Å². The number of benzene rings is 2. The van der Waals surface area contributed by atoms with Crippen LogP contribution < -0.4 is 5.32 Å². The molecule has 136 valence electrons. The summed E-state index contributed by atoms with van der Waals surface area (Å²) >= 11 is 5.75. The van der Waals surface area contributed by atoms with Gasteiger partial charge in [-0.1, -0.05) is 23.7 Å². The molecule has 7 nitrogen and oxygen atoms in total. The highest BCUT2D eigenvalue weighted by molar-refractivity contribution is 6.33. The average molecular weight is 381 g/mol. The number of ether oxygens (including phenoxy) is 1. The molecule has 0 spiro atoms. The summed E-state index contributed by atoms with van der Waals surface area (Å²) in [4.78, 5) is 34.4. The van der Waals surface area contributed by atoms with Crippen molar-refractivity contribution in [3.8, 4) is 0 Å². The first-order chi connectivity index (χ1) is 12.2. The van der Waals surface area contributed by atoms with E-state index in [9.17, 15) is 24.1 Å². The lowest BCUT2D eigenvalue weighted by Gasteiger charge is -2.11. The maximum Gasteiger partial charge on any atom is 0.343 e. The molecule has 9 heteroatoms. The van der Waals surface area contributed by atoms with E-state index in [-0.39, 0.29) is 16.4 Å². The Bertz CT molecular complexity index is 881. The van der Waals surface area contributed by atoms with E-state index in [0.717, 1.165) is 11.6 Å². The van der Waals surface area contributed by atoms with Gasteiger partial charge in [-0.05, 0) is 37.1 Å². The van der Waals surface area contributed by atoms with Crippen molar-refractivity contribution in [3.63, 3.8) is 0 Å². The number of carbonyl (C=O) groups excluding carboxylic acids is 2. The van der Waals surface area contributed by atoms with Gasteiger partial charge in [-0.3, -0.25) is 14.9 Å². The highest BCUT2D eigenvalue weighted by Crippen LogP contribution is 2.30. The van der Waals surface area contributed by atoms with Gasteiger partial charge < -0.3 is 10.1 Å². The van der Waals surface area contributed by atoms with Crippen LogP contribution in [0, 0.1) is 29.8 Å². The number of anilines is 1. The summed E-state index contributed by atoms with van der Waals surface area (Å²) in [6, 6.07) is 6.48. The van der Waals surface area contributed by atoms with Crippen molar-refractivity contribution < 1.29 is 23.6 Å². The summed E-state index contributed by atoms with van der Waals surface area (Å²) in [6.45, 7) is 2.59. The third-order valence-electron chi connectivity index (χ3n) is 3.68. The fourth-order valence-electron chi connectivity index (χ4n) is 2.18. The van der Waals surface area contributed by atoms with Gasteiger partial charge in [0.15, 0.2) is 6.61 Å². The molecule has 0 radical (unpaired) electrons. The van der Waals surface area contributed by atoms with Gasteiger partial charge in [0.1, 0.15) is 17.1 Å². The summed E-state index contributed by atoms with van der Waals surface area (Å²) in [5.74, 6) is -2.80. The number of rotatable bonds is 5. The van der Waals surface area contributed by atoms with Crippen molar-refractivity contribution in [2.75, 3.05) is 11.9 Å². The smallest absolute Gasteiger partial charge is 0.343 e. The largest absolute Gasteiger partial charge is 0.452 e. The van der Waals surface area contributed by atoms with Crippen molar-refractivity contribution in [2.24, 2.45) is 0 Å². The number of carbonyl (C=O) groups is 2. The Morgan fingerprint density at radius 3 is 2.58 bits per heavy atom. The van der Waals surface area contributed by atoms with Crippen molar-refractivity contribution >= 4 is 34.9 Å². The normalized spacial score (nSPS) is 10.3. The van der Waals surface area contributed by atoms with Crippen LogP contribution in [0.15, 0.2) is 30.3 Å². The maximum absolute atomic E-state index is 13.7. The third-order valence-corrected chi connectivity index (χ3v) is 3.99. The molecule has 0 aliphatic rings. The molecule has 0 bridgehead atoms. The summed E-state index contributed by atoms with van der Waals surface area (Å²) in [5.41, 5.74) is 0.488. The van der Waals surface area contributed by atoms with E-state index in [1.54, 1.807) is 19.9 Å². The molecule has 0 saturated heterocycles. The average Bonchev–Trinajstić information content (AvgIpc) is 2.57. The van der Waals surface area contributed by atoms with Gasteiger partial charge in [-0.25, -0.2) is 9.18 Å². The van der Waals surface area contributed by atoms with Crippen LogP contribution in [0.5, 0.6) is 0 Å². The van der Waals surface area contributed by atoms with Gasteiger partial charge in [0.2, 0.25) is 0 Å². The van der Waals surface area contributed by atoms with E-state index < -0.39 is 34.8 Å². The molecule has 0 unspecified atom stereocenters. The van der Waals surface area contributed by atoms with Crippen LogP contribution in [0.3, 0.4) is 0 Å². The zero-order chi connectivity index (χ0) is 19.4. The first-order valence-electron chi connectivity index (χ1n) is 7.38. The predicted octanol–water partition coefficient (Wildman–Crippen LogP) is 3.80. The summed E-state index contributed by atoms with van der Waals surface area (Å²) in [6.07, 6.45) is 0. The number of halogens is 2. The minimum atomic E-state index is -1.11. The second kappa shape index (κ2) is 7.92. The lowest BCUT2D eigenvalue weighted by atomic mass is 10.1. The SMILES string of the molecule is Cc1ccc([N+](=O)[O-])c(NC(=O)COC(=O)c2c(F)cccc2Cl)c1C. The molecule has 0 fully saturated rings. The van der Waals surface area contributed by atoms with Crippen molar-refractivity contribution in [1.29, 1.82) is 0 Å². The Morgan fingerprint density at radius 2 is 1.96 bits per heavy atom. The Labute approximate surface area is 152 Å². The van der Waals surface area contributed by atoms with E-state index in [2.05, 4.69) is 5.32 Å². The Morgan fingerprint density at radius 1 is 1.27 bits per heavy atom. The molecule has 0 aliphatic heterocycles. The molecule has 2 aromatic rings. The molecular weight excluding hydrogens is 367 g/mol. The molecule has 0 atom stereocenters. The molecular formula is C17H14ClFN2O5. The van der Waals surface area contributed by atoms with Crippen molar-refractivity contribution in [1.82, 2.24) is 0 Å². The molecule has 0 aliphatic carbocycles. The van der Waals surface area contributed by atoms with E-state index >= 15 is 0 Å². The summed E-state index contributed by atoms with van der Waals surface area (Å²) in [7, 11) is 0. The molecule has 0 heterocycles. The van der Waals surface area contributed by atoms with E-state index in [0.29, 0.717) is 5.56 Å². The Balaban J connectivity index is 2.12. The van der Waals surface area contributed by atoms with Crippen molar-refractivity contribution in [2.45, 2.75) is 13.8 Å². The lowest BCUT2D eigenvalue weighted by Crippen LogP contribution is -2.22. The van der Waals surface area contributed by atoms with Gasteiger partial charge in [-0.2, -0.15) is 0 Å². The third kappa shape index (κ3) is 4.15. The van der Waals surface area contributed by atoms with Gasteiger partial charge in [-0.15, -0.1) is 0 Å². The number of esters is 1. The number of nitro benzene ring substituents is 1. The molecule has 0 aromatic heterocycles. The number of nitro groups is 1. The molecule has 26 heavy (non-hydrogen) atoms. The standard InChI is InChI=1S/C17H14ClFN2O5/c1-9-6-7-13(21(24)25)16(10(9)2)20-14(22)8-26-17(23)15-11(18)4-3-5-12(15)19/h3-7H,8H2,1-2H3,(H,20,22). The highest BCUT2D eigenvalue weighted by atomic mass is 35.5. The van der Waals surface area contributed by atoms with Gasteiger partial charge in [0, 0.05) is 6.07 Å². The van der Waals surface area contributed by atoms with Crippen LogP contribution in [-0.2, 0) is 9.53 Å². The van der Waals surface area contributed by atoms with Gasteiger partial charge >= 0.3 is 5.97 Å². The number of aryl methyl sites for hydroxylation is 1. The Kier molecular flexibility index (Phi) is 5.89. The number of nitrogens with zero attached hydrogens (tertiary/aromatic N) is 1. The molecule has 1 N–H and O–H groups in total. The number of hydrogen-bond donors (Lipinski definition) is 1. The second-order valence-electron chi connectivity index (χ2n) is 5.38. The highest BCUT2D eigenvalue weighted by Gasteiger charge is 2.22. The Hall–Kier alpha value is -3.00. The topological polar surface area (TPSA) is 98.5 Å². The minimum Gasteiger partial charge on any atom is -0.452 e. The lowest BCUT2D eigenvalue weighted by molar-refractivity contribution is -0.384. The second-order valence-corrected chi connectivity index (χ2v) is 5.79. The predicted molar refractivity (Wildman–Crippen MR) is 92.9 cm³/mol. The molecule has 0 saturated carbocycles. The fourth-order valence-corrected chi connectivity index (χ4v) is 2.42. The fraction of sp³-hybridized carbons (Fsp3) is 0.176. The zero-order valence-corrected chi connectivity index (χ0v) is 14.6. The minimum absolute atomic E-state index is 0.0139. The molecule has 1 amide bonds. The van der Waals surface area contributed by atoms with E-state index in [1.165, 1.54) is 18.2 Å². The summed E-state index contributed by atoms with van der Waals surface area (Å²) < 4.78 is 18.4. The van der Waals surface area contributed by atoms with Crippen LogP contribution in [0.1, 0.15) is 21.5 Å². The van der Waals surface area contributed by atoms with Crippen LogP contribution in [-0.4, -0.2) is 23.4 Å². The first kappa shape index (κ1) is 19.3. The van der Waals surface area contributed by atoms with Gasteiger partial charge in [0.25, 0.3) is 11.6 Å². The number of amides is 1. The molecule has 2 rings (SSSR count). The van der Waals surface area contributed by atoms with Crippen LogP contribution in [0.4, 0.5) is 15.8 Å². The van der Waals surface area contributed by atoms with E-state index in [1.807, 2.05) is 0 Å². The van der Waals surface area contributed by atoms with Crippen LogP contribution >= 0.6 is 11.6 Å². The monoisotopic (exact) mass is 380 g/mol. The quantitative estimate of drug-likeness (QED) is 0.483. The maximum atomic E-state index is 13.7. The van der Waals surface area contributed by atoms with Crippen LogP contribution in [0.2, 0.25) is 5.02 Å². The zero-order valence-electron chi connectivity index (χ0n) is 13.8. The molecule has 2 aromatic carbocycles. The van der Waals surface area contributed by atoms with E-state index in [4.69, 9.17) is 16.3 Å². The number of nitrogens with one attached hydrogen (secondary N) is 1.